The quantitative estimate of drug-likeness (QED) is 0.537. The molecular formula is C11H16O. The van der Waals surface area contributed by atoms with E-state index in [9.17, 15) is 4.79 Å². The van der Waals surface area contributed by atoms with Crippen LogP contribution in [0.1, 0.15) is 44.9 Å². The average Bonchev–Trinajstić information content (AvgIpc) is 2.70. The van der Waals surface area contributed by atoms with Gasteiger partial charge in [0.2, 0.25) is 0 Å². The summed E-state index contributed by atoms with van der Waals surface area (Å²) in [5, 5.41) is 0. The predicted octanol–water partition coefficient (Wildman–Crippen LogP) is 2.55. The highest BCUT2D eigenvalue weighted by molar-refractivity contribution is 5.85. The molecule has 3 fully saturated rings. The second kappa shape index (κ2) is 2.12. The van der Waals surface area contributed by atoms with Gasteiger partial charge in [-0.15, -0.1) is 0 Å². The zero-order valence-corrected chi connectivity index (χ0v) is 7.51. The lowest BCUT2D eigenvalue weighted by atomic mass is 9.76. The molecule has 0 amide bonds. The highest BCUT2D eigenvalue weighted by atomic mass is 16.1. The largest absolute Gasteiger partial charge is 0.299 e. The van der Waals surface area contributed by atoms with Crippen LogP contribution in [0.25, 0.3) is 0 Å². The molecule has 0 heterocycles. The van der Waals surface area contributed by atoms with E-state index in [4.69, 9.17) is 0 Å². The smallest absolute Gasteiger partial charge is 0.136 e. The maximum atomic E-state index is 11.6. The number of hydrogen-bond acceptors (Lipinski definition) is 1. The summed E-state index contributed by atoms with van der Waals surface area (Å²) in [6, 6.07) is 0. The summed E-state index contributed by atoms with van der Waals surface area (Å²) in [5.41, 5.74) is 0.539. The number of carbonyl (C=O) groups is 1. The highest BCUT2D eigenvalue weighted by Gasteiger charge is 2.58. The molecule has 0 radical (unpaired) electrons. The fourth-order valence-corrected chi connectivity index (χ4v) is 4.19. The lowest BCUT2D eigenvalue weighted by molar-refractivity contribution is -0.122. The van der Waals surface area contributed by atoms with Crippen LogP contribution in [0.4, 0.5) is 0 Å². The minimum atomic E-state index is 0.505. The number of carbonyl (C=O) groups excluding carboxylic acids is 1. The normalized spacial score (nSPS) is 43.2. The Morgan fingerprint density at radius 3 is 2.42 bits per heavy atom. The molecule has 2 unspecified atom stereocenters. The number of ketones is 1. The van der Waals surface area contributed by atoms with E-state index in [0.717, 1.165) is 12.3 Å². The Hall–Kier alpha value is -0.330. The van der Waals surface area contributed by atoms with E-state index < -0.39 is 0 Å². The molecule has 3 saturated carbocycles. The SMILES string of the molecule is O=C1CC2CCC1C21CCCC1. The number of rotatable bonds is 0. The summed E-state index contributed by atoms with van der Waals surface area (Å²) in [5.74, 6) is 1.91. The van der Waals surface area contributed by atoms with Crippen molar-refractivity contribution in [2.75, 3.05) is 0 Å². The summed E-state index contributed by atoms with van der Waals surface area (Å²) < 4.78 is 0. The third-order valence-corrected chi connectivity index (χ3v) is 4.68. The first-order valence-corrected chi connectivity index (χ1v) is 5.36. The van der Waals surface area contributed by atoms with Crippen LogP contribution >= 0.6 is 0 Å². The van der Waals surface area contributed by atoms with E-state index in [1.54, 1.807) is 0 Å². The molecule has 0 N–H and O–H groups in total. The summed E-state index contributed by atoms with van der Waals surface area (Å²) in [6.45, 7) is 0. The van der Waals surface area contributed by atoms with Gasteiger partial charge in [-0.05, 0) is 37.0 Å². The molecule has 0 aromatic carbocycles. The van der Waals surface area contributed by atoms with Gasteiger partial charge in [-0.2, -0.15) is 0 Å². The minimum Gasteiger partial charge on any atom is -0.299 e. The maximum Gasteiger partial charge on any atom is 0.136 e. The van der Waals surface area contributed by atoms with Gasteiger partial charge in [0.1, 0.15) is 5.78 Å². The van der Waals surface area contributed by atoms with Gasteiger partial charge in [0, 0.05) is 12.3 Å². The molecule has 2 bridgehead atoms. The van der Waals surface area contributed by atoms with Crippen molar-refractivity contribution in [2.45, 2.75) is 44.9 Å². The topological polar surface area (TPSA) is 17.1 Å². The van der Waals surface area contributed by atoms with Gasteiger partial charge in [0.25, 0.3) is 0 Å². The monoisotopic (exact) mass is 164 g/mol. The predicted molar refractivity (Wildman–Crippen MR) is 46.7 cm³/mol. The van der Waals surface area contributed by atoms with Crippen molar-refractivity contribution in [1.29, 1.82) is 0 Å². The van der Waals surface area contributed by atoms with Gasteiger partial charge in [0.15, 0.2) is 0 Å². The molecule has 1 heteroatoms. The Morgan fingerprint density at radius 2 is 1.92 bits per heavy atom. The van der Waals surface area contributed by atoms with Gasteiger partial charge in [0.05, 0.1) is 0 Å². The van der Waals surface area contributed by atoms with Crippen molar-refractivity contribution in [3.05, 3.63) is 0 Å². The molecule has 3 aliphatic carbocycles. The van der Waals surface area contributed by atoms with Crippen molar-refractivity contribution in [2.24, 2.45) is 17.3 Å². The van der Waals surface area contributed by atoms with Crippen LogP contribution in [-0.4, -0.2) is 5.78 Å². The van der Waals surface area contributed by atoms with Crippen molar-refractivity contribution in [1.82, 2.24) is 0 Å². The first-order chi connectivity index (χ1) is 5.83. The van der Waals surface area contributed by atoms with Crippen LogP contribution in [0.5, 0.6) is 0 Å². The van der Waals surface area contributed by atoms with Crippen LogP contribution < -0.4 is 0 Å². The summed E-state index contributed by atoms with van der Waals surface area (Å²) in [6.07, 6.45) is 9.04. The van der Waals surface area contributed by atoms with E-state index in [1.807, 2.05) is 0 Å². The van der Waals surface area contributed by atoms with Crippen LogP contribution in [0.3, 0.4) is 0 Å². The van der Waals surface area contributed by atoms with Crippen LogP contribution in [0, 0.1) is 17.3 Å². The molecule has 0 aromatic heterocycles. The average molecular weight is 164 g/mol. The molecule has 2 atom stereocenters. The van der Waals surface area contributed by atoms with E-state index >= 15 is 0 Å². The fraction of sp³-hybridized carbons (Fsp3) is 0.909. The Balaban J connectivity index is 2.00. The zero-order valence-electron chi connectivity index (χ0n) is 7.51. The Morgan fingerprint density at radius 1 is 1.17 bits per heavy atom. The van der Waals surface area contributed by atoms with Gasteiger partial charge in [-0.1, -0.05) is 12.8 Å². The molecule has 66 valence electrons. The van der Waals surface area contributed by atoms with Crippen molar-refractivity contribution in [3.8, 4) is 0 Å². The van der Waals surface area contributed by atoms with Crippen molar-refractivity contribution < 1.29 is 4.79 Å². The third kappa shape index (κ3) is 0.641. The zero-order chi connectivity index (χ0) is 8.18. The molecule has 1 nitrogen and oxygen atoms in total. The fourth-order valence-electron chi connectivity index (χ4n) is 4.19. The summed E-state index contributed by atoms with van der Waals surface area (Å²) in [4.78, 5) is 11.6. The molecule has 12 heavy (non-hydrogen) atoms. The molecule has 3 aliphatic rings. The Kier molecular flexibility index (Phi) is 1.26. The molecule has 0 saturated heterocycles. The molecular weight excluding hydrogens is 148 g/mol. The van der Waals surface area contributed by atoms with Gasteiger partial charge < -0.3 is 0 Å². The second-order valence-electron chi connectivity index (χ2n) is 4.94. The minimum absolute atomic E-state index is 0.505. The van der Waals surface area contributed by atoms with Crippen LogP contribution in [0.2, 0.25) is 0 Å². The first kappa shape index (κ1) is 7.11. The molecule has 3 rings (SSSR count). The van der Waals surface area contributed by atoms with Gasteiger partial charge in [-0.3, -0.25) is 4.79 Å². The Bertz CT molecular complexity index is 225. The third-order valence-electron chi connectivity index (χ3n) is 4.68. The van der Waals surface area contributed by atoms with E-state index in [-0.39, 0.29) is 0 Å². The first-order valence-electron chi connectivity index (χ1n) is 5.36. The lowest BCUT2D eigenvalue weighted by Gasteiger charge is -2.27. The summed E-state index contributed by atoms with van der Waals surface area (Å²) in [7, 11) is 0. The molecule has 1 spiro atoms. The van der Waals surface area contributed by atoms with E-state index in [1.165, 1.54) is 38.5 Å². The molecule has 0 aromatic rings. The van der Waals surface area contributed by atoms with Gasteiger partial charge >= 0.3 is 0 Å². The van der Waals surface area contributed by atoms with Gasteiger partial charge in [-0.25, -0.2) is 0 Å². The highest BCUT2D eigenvalue weighted by Crippen LogP contribution is 2.63. The van der Waals surface area contributed by atoms with E-state index in [0.29, 0.717) is 17.1 Å². The molecule has 0 aliphatic heterocycles. The number of hydrogen-bond donors (Lipinski definition) is 0. The maximum absolute atomic E-state index is 11.6. The van der Waals surface area contributed by atoms with Crippen LogP contribution in [-0.2, 0) is 4.79 Å². The van der Waals surface area contributed by atoms with Crippen LogP contribution in [0.15, 0.2) is 0 Å². The number of Topliss-reactive ketones (excluding diaryl/α,β-unsaturated/α-hetero) is 1. The second-order valence-corrected chi connectivity index (χ2v) is 4.94. The Labute approximate surface area is 73.5 Å². The van der Waals surface area contributed by atoms with E-state index in [2.05, 4.69) is 0 Å². The van der Waals surface area contributed by atoms with Crippen molar-refractivity contribution in [3.63, 3.8) is 0 Å². The van der Waals surface area contributed by atoms with Crippen molar-refractivity contribution >= 4 is 5.78 Å². The lowest BCUT2D eigenvalue weighted by Crippen LogP contribution is -2.23. The standard InChI is InChI=1S/C11H16O/c12-10-7-8-3-4-9(10)11(8)5-1-2-6-11/h8-9H,1-7H2. The summed E-state index contributed by atoms with van der Waals surface area (Å²) >= 11 is 0.